The van der Waals surface area contributed by atoms with E-state index >= 15 is 0 Å². The molecule has 0 saturated heterocycles. The fourth-order valence-corrected chi connectivity index (χ4v) is 2.60. The molecule has 0 bridgehead atoms. The number of benzene rings is 3. The zero-order valence-corrected chi connectivity index (χ0v) is 13.9. The first kappa shape index (κ1) is 16.1. The lowest BCUT2D eigenvalue weighted by molar-refractivity contribution is 0.168. The number of fused-ring (bicyclic) bond motifs is 1. The first-order valence-corrected chi connectivity index (χ1v) is 8.02. The Morgan fingerprint density at radius 3 is 2.58 bits per heavy atom. The van der Waals surface area contributed by atoms with Crippen LogP contribution in [0.3, 0.4) is 0 Å². The van der Waals surface area contributed by atoms with E-state index in [2.05, 4.69) is 22.8 Å². The van der Waals surface area contributed by atoms with Crippen LogP contribution >= 0.6 is 11.6 Å². The van der Waals surface area contributed by atoms with Gasteiger partial charge >= 0.3 is 6.09 Å². The van der Waals surface area contributed by atoms with E-state index in [9.17, 15) is 4.79 Å². The summed E-state index contributed by atoms with van der Waals surface area (Å²) in [6, 6.07) is 19.4. The quantitative estimate of drug-likeness (QED) is 0.630. The van der Waals surface area contributed by atoms with Crippen LogP contribution in [0.25, 0.3) is 10.8 Å². The highest BCUT2D eigenvalue weighted by molar-refractivity contribution is 6.31. The van der Waals surface area contributed by atoms with Gasteiger partial charge in [-0.2, -0.15) is 0 Å². The minimum Gasteiger partial charge on any atom is -0.450 e. The van der Waals surface area contributed by atoms with Crippen LogP contribution in [-0.2, 0) is 4.74 Å². The van der Waals surface area contributed by atoms with Gasteiger partial charge in [0.15, 0.2) is 0 Å². The Balaban J connectivity index is 1.89. The van der Waals surface area contributed by atoms with Crippen LogP contribution in [0.2, 0.25) is 5.02 Å². The molecule has 5 heteroatoms. The van der Waals surface area contributed by atoms with E-state index in [1.807, 2.05) is 30.3 Å². The minimum atomic E-state index is -0.499. The summed E-state index contributed by atoms with van der Waals surface area (Å²) in [6.07, 6.45) is -0.499. The highest BCUT2D eigenvalue weighted by atomic mass is 35.5. The molecule has 0 spiro atoms. The Morgan fingerprint density at radius 1 is 1.00 bits per heavy atom. The first-order chi connectivity index (χ1) is 11.7. The number of rotatable bonds is 4. The lowest BCUT2D eigenvalue weighted by atomic mass is 10.1. The number of hydrogen-bond donors (Lipinski definition) is 2. The number of nitrogens with one attached hydrogen (secondary N) is 2. The lowest BCUT2D eigenvalue weighted by Gasteiger charge is -2.14. The Morgan fingerprint density at radius 2 is 1.79 bits per heavy atom. The largest absolute Gasteiger partial charge is 0.450 e. The molecule has 0 aromatic heterocycles. The van der Waals surface area contributed by atoms with Crippen LogP contribution in [0.4, 0.5) is 21.9 Å². The van der Waals surface area contributed by atoms with Gasteiger partial charge in [-0.3, -0.25) is 5.32 Å². The SMILES string of the molecule is CCOC(=O)Nc1ccc(Cl)cc1Nc1ccc2ccccc2c1. The molecule has 0 fully saturated rings. The van der Waals surface area contributed by atoms with Crippen molar-refractivity contribution < 1.29 is 9.53 Å². The molecule has 24 heavy (non-hydrogen) atoms. The summed E-state index contributed by atoms with van der Waals surface area (Å²) >= 11 is 6.09. The molecule has 3 aromatic carbocycles. The van der Waals surface area contributed by atoms with Crippen molar-refractivity contribution in [2.45, 2.75) is 6.92 Å². The van der Waals surface area contributed by atoms with E-state index in [1.54, 1.807) is 25.1 Å². The second kappa shape index (κ2) is 7.23. The predicted octanol–water partition coefficient (Wildman–Crippen LogP) is 5.81. The van der Waals surface area contributed by atoms with Crippen LogP contribution in [0, 0.1) is 0 Å². The summed E-state index contributed by atoms with van der Waals surface area (Å²) in [4.78, 5) is 11.7. The number of carbonyl (C=O) groups is 1. The number of amides is 1. The summed E-state index contributed by atoms with van der Waals surface area (Å²) < 4.78 is 4.93. The molecule has 0 saturated carbocycles. The van der Waals surface area contributed by atoms with Gasteiger partial charge in [-0.05, 0) is 48.0 Å². The molecule has 0 radical (unpaired) electrons. The van der Waals surface area contributed by atoms with Gasteiger partial charge < -0.3 is 10.1 Å². The lowest BCUT2D eigenvalue weighted by Crippen LogP contribution is -2.14. The van der Waals surface area contributed by atoms with Gasteiger partial charge in [0.2, 0.25) is 0 Å². The van der Waals surface area contributed by atoms with E-state index < -0.39 is 6.09 Å². The van der Waals surface area contributed by atoms with Crippen molar-refractivity contribution in [1.82, 2.24) is 0 Å². The smallest absolute Gasteiger partial charge is 0.411 e. The Bertz CT molecular complexity index is 880. The van der Waals surface area contributed by atoms with Crippen LogP contribution in [0.5, 0.6) is 0 Å². The fraction of sp³-hybridized carbons (Fsp3) is 0.105. The van der Waals surface area contributed by atoms with Crippen molar-refractivity contribution in [2.24, 2.45) is 0 Å². The van der Waals surface area contributed by atoms with E-state index in [-0.39, 0.29) is 0 Å². The van der Waals surface area contributed by atoms with E-state index in [0.717, 1.165) is 11.1 Å². The van der Waals surface area contributed by atoms with Crippen molar-refractivity contribution in [3.8, 4) is 0 Å². The number of carbonyl (C=O) groups excluding carboxylic acids is 1. The third kappa shape index (κ3) is 3.78. The molecule has 0 aliphatic rings. The molecule has 1 amide bonds. The molecular weight excluding hydrogens is 324 g/mol. The topological polar surface area (TPSA) is 50.4 Å². The standard InChI is InChI=1S/C19H17ClN2O2/c1-2-24-19(23)22-17-10-8-15(20)12-18(17)21-16-9-7-13-5-3-4-6-14(13)11-16/h3-12,21H,2H2,1H3,(H,22,23). The Hall–Kier alpha value is -2.72. The zero-order chi connectivity index (χ0) is 16.9. The molecule has 122 valence electrons. The monoisotopic (exact) mass is 340 g/mol. The molecule has 3 aromatic rings. The molecule has 3 rings (SSSR count). The van der Waals surface area contributed by atoms with Gasteiger partial charge in [-0.1, -0.05) is 41.9 Å². The molecule has 0 aliphatic carbocycles. The summed E-state index contributed by atoms with van der Waals surface area (Å²) in [6.45, 7) is 2.07. The van der Waals surface area contributed by atoms with Crippen molar-refractivity contribution in [2.75, 3.05) is 17.2 Å². The predicted molar refractivity (Wildman–Crippen MR) is 99.3 cm³/mol. The maximum atomic E-state index is 11.7. The van der Waals surface area contributed by atoms with Crippen LogP contribution in [0.15, 0.2) is 60.7 Å². The van der Waals surface area contributed by atoms with Crippen molar-refractivity contribution >= 4 is 45.5 Å². The van der Waals surface area contributed by atoms with Gasteiger partial charge in [0.25, 0.3) is 0 Å². The summed E-state index contributed by atoms with van der Waals surface area (Å²) in [5.74, 6) is 0. The second-order valence-corrected chi connectivity index (χ2v) is 5.66. The maximum Gasteiger partial charge on any atom is 0.411 e. The van der Waals surface area contributed by atoms with Crippen molar-refractivity contribution in [3.05, 3.63) is 65.7 Å². The molecular formula is C19H17ClN2O2. The normalized spacial score (nSPS) is 10.4. The van der Waals surface area contributed by atoms with Crippen molar-refractivity contribution in [3.63, 3.8) is 0 Å². The second-order valence-electron chi connectivity index (χ2n) is 5.22. The fourth-order valence-electron chi connectivity index (χ4n) is 2.43. The maximum absolute atomic E-state index is 11.7. The minimum absolute atomic E-state index is 0.312. The van der Waals surface area contributed by atoms with Crippen molar-refractivity contribution in [1.29, 1.82) is 0 Å². The molecule has 0 unspecified atom stereocenters. The Labute approximate surface area is 145 Å². The average molecular weight is 341 g/mol. The zero-order valence-electron chi connectivity index (χ0n) is 13.2. The first-order valence-electron chi connectivity index (χ1n) is 7.65. The van der Waals surface area contributed by atoms with Gasteiger partial charge in [0.1, 0.15) is 0 Å². The van der Waals surface area contributed by atoms with Crippen LogP contribution in [0.1, 0.15) is 6.92 Å². The highest BCUT2D eigenvalue weighted by Gasteiger charge is 2.09. The number of ether oxygens (including phenoxy) is 1. The molecule has 0 atom stereocenters. The molecule has 2 N–H and O–H groups in total. The number of anilines is 3. The average Bonchev–Trinajstić information content (AvgIpc) is 2.57. The van der Waals surface area contributed by atoms with E-state index in [4.69, 9.17) is 16.3 Å². The molecule has 4 nitrogen and oxygen atoms in total. The number of halogens is 1. The van der Waals surface area contributed by atoms with E-state index in [0.29, 0.717) is 23.0 Å². The van der Waals surface area contributed by atoms with Gasteiger partial charge in [0.05, 0.1) is 18.0 Å². The summed E-state index contributed by atoms with van der Waals surface area (Å²) in [5, 5.41) is 8.88. The third-order valence-corrected chi connectivity index (χ3v) is 3.76. The van der Waals surface area contributed by atoms with Gasteiger partial charge in [-0.15, -0.1) is 0 Å². The molecule has 0 heterocycles. The van der Waals surface area contributed by atoms with E-state index in [1.165, 1.54) is 5.39 Å². The highest BCUT2D eigenvalue weighted by Crippen LogP contribution is 2.30. The summed E-state index contributed by atoms with van der Waals surface area (Å²) in [7, 11) is 0. The molecule has 0 aliphatic heterocycles. The van der Waals surface area contributed by atoms with Crippen LogP contribution in [-0.4, -0.2) is 12.7 Å². The number of hydrogen-bond acceptors (Lipinski definition) is 3. The van der Waals surface area contributed by atoms with Gasteiger partial charge in [0, 0.05) is 10.7 Å². The summed E-state index contributed by atoms with van der Waals surface area (Å²) in [5.41, 5.74) is 2.21. The third-order valence-electron chi connectivity index (χ3n) is 3.52. The Kier molecular flexibility index (Phi) is 4.87. The van der Waals surface area contributed by atoms with Crippen LogP contribution < -0.4 is 10.6 Å². The van der Waals surface area contributed by atoms with Gasteiger partial charge in [-0.25, -0.2) is 4.79 Å².